The summed E-state index contributed by atoms with van der Waals surface area (Å²) in [6, 6.07) is 15.6. The molecule has 0 spiro atoms. The molecule has 0 bridgehead atoms. The molecule has 8 aliphatic rings. The SMILES string of the molecule is CCN1CCN(C)c2ncc(N)cc21.CCN1CCN(CCO)c2ncc(N)cc21.CN1CCCc2cc(N)cnc21.CN1CCN(CCO)c2cc(N)cnc21.CN1CCN(CCO)c2ncc(N)cc21.CN1CCNc2ncc(N)cc21.Nc1cnc2c(c1)CCCN2CCO.Nc1cnc2c(c1)N(CCO)CCN2. The van der Waals surface area contributed by atoms with E-state index in [1.165, 1.54) is 17.5 Å². The van der Waals surface area contributed by atoms with Gasteiger partial charge in [-0.05, 0) is 99.2 Å². The lowest BCUT2D eigenvalue weighted by molar-refractivity contribution is 0.300. The first-order valence-electron chi connectivity index (χ1n) is 38.4. The predicted octanol–water partition coefficient (Wildman–Crippen LogP) is 2.94. The van der Waals surface area contributed by atoms with E-state index < -0.39 is 0 Å². The van der Waals surface area contributed by atoms with Crippen molar-refractivity contribution >= 4 is 126 Å². The first kappa shape index (κ1) is 84.6. The van der Waals surface area contributed by atoms with Gasteiger partial charge < -0.3 is 141 Å². The fourth-order valence-corrected chi connectivity index (χ4v) is 14.1. The average molecular weight is 1550 g/mol. The van der Waals surface area contributed by atoms with Gasteiger partial charge in [0.15, 0.2) is 23.3 Å². The number of nitrogens with zero attached hydrogens (tertiary/aromatic N) is 20. The van der Waals surface area contributed by atoms with Crippen LogP contribution in [0.15, 0.2) is 98.1 Å². The summed E-state index contributed by atoms with van der Waals surface area (Å²) in [5.41, 5.74) is 59.9. The number of hydrogen-bond acceptors (Lipinski definition) is 35. The summed E-state index contributed by atoms with van der Waals surface area (Å²) in [6.07, 6.45) is 17.9. The average Bonchev–Trinajstić information content (AvgIpc) is 0.865. The number of aliphatic hydroxyl groups excluding tert-OH is 5. The van der Waals surface area contributed by atoms with Gasteiger partial charge >= 0.3 is 0 Å². The lowest BCUT2D eigenvalue weighted by atomic mass is 10.1. The van der Waals surface area contributed by atoms with Crippen LogP contribution in [0.1, 0.15) is 37.8 Å². The third-order valence-corrected chi connectivity index (χ3v) is 19.9. The molecule has 0 radical (unpaired) electrons. The zero-order valence-corrected chi connectivity index (χ0v) is 66.2. The molecule has 0 saturated heterocycles. The van der Waals surface area contributed by atoms with Crippen molar-refractivity contribution in [2.24, 2.45) is 0 Å². The number of aryl methyl sites for hydroxylation is 2. The summed E-state index contributed by atoms with van der Waals surface area (Å²) in [4.78, 5) is 60.1. The van der Waals surface area contributed by atoms with Crippen LogP contribution in [-0.4, -0.2) is 271 Å². The molecular formula is C77H120N30O5. The van der Waals surface area contributed by atoms with Crippen molar-refractivity contribution in [1.29, 1.82) is 0 Å². The van der Waals surface area contributed by atoms with Crippen LogP contribution in [0.2, 0.25) is 0 Å². The van der Waals surface area contributed by atoms with Gasteiger partial charge in [0.25, 0.3) is 0 Å². The molecule has 608 valence electrons. The largest absolute Gasteiger partial charge is 0.397 e. The predicted molar refractivity (Wildman–Crippen MR) is 461 cm³/mol. The molecule has 0 aromatic carbocycles. The van der Waals surface area contributed by atoms with Gasteiger partial charge in [-0.2, -0.15) is 0 Å². The first-order chi connectivity index (χ1) is 54.1. The van der Waals surface area contributed by atoms with Gasteiger partial charge in [0, 0.05) is 173 Å². The monoisotopic (exact) mass is 1550 g/mol. The van der Waals surface area contributed by atoms with Crippen molar-refractivity contribution in [3.8, 4) is 0 Å². The molecule has 0 fully saturated rings. The Balaban J connectivity index is 0.000000147. The number of likely N-dealkylation sites (N-methyl/N-ethyl adjacent to an activating group) is 6. The van der Waals surface area contributed by atoms with Crippen LogP contribution >= 0.6 is 0 Å². The minimum Gasteiger partial charge on any atom is -0.397 e. The second kappa shape index (κ2) is 41.6. The van der Waals surface area contributed by atoms with Crippen molar-refractivity contribution < 1.29 is 25.5 Å². The molecule has 0 atom stereocenters. The Morgan fingerprint density at radius 3 is 1.10 bits per heavy atom. The maximum Gasteiger partial charge on any atom is 0.152 e. The van der Waals surface area contributed by atoms with Gasteiger partial charge in [0.2, 0.25) is 0 Å². The summed E-state index contributed by atoms with van der Waals surface area (Å²) in [6.45, 7) is 23.5. The van der Waals surface area contributed by atoms with Gasteiger partial charge in [-0.3, -0.25) is 0 Å². The molecule has 16 heterocycles. The summed E-state index contributed by atoms with van der Waals surface area (Å²) >= 11 is 0. The zero-order chi connectivity index (χ0) is 80.4. The lowest BCUT2D eigenvalue weighted by Gasteiger charge is -2.37. The number of anilines is 22. The molecular weight excluding hydrogens is 1430 g/mol. The molecule has 35 heteroatoms. The number of aliphatic hydroxyl groups is 5. The molecule has 0 saturated carbocycles. The maximum absolute atomic E-state index is 9.01. The van der Waals surface area contributed by atoms with Crippen molar-refractivity contribution in [2.75, 3.05) is 321 Å². The van der Waals surface area contributed by atoms with Crippen LogP contribution in [0.25, 0.3) is 0 Å². The number of hydrogen-bond donors (Lipinski definition) is 15. The molecule has 0 unspecified atom stereocenters. The van der Waals surface area contributed by atoms with Crippen LogP contribution in [0, 0.1) is 0 Å². The molecule has 112 heavy (non-hydrogen) atoms. The number of fused-ring (bicyclic) bond motifs is 8. The fraction of sp³-hybridized carbons (Fsp3) is 0.481. The van der Waals surface area contributed by atoms with E-state index in [4.69, 9.17) is 71.4 Å². The Labute approximate surface area is 658 Å². The van der Waals surface area contributed by atoms with Gasteiger partial charge in [0.1, 0.15) is 23.3 Å². The molecule has 8 aromatic heterocycles. The number of aromatic nitrogens is 8. The highest BCUT2D eigenvalue weighted by Crippen LogP contribution is 2.37. The minimum atomic E-state index is 0.147. The zero-order valence-electron chi connectivity index (χ0n) is 66.2. The van der Waals surface area contributed by atoms with Crippen LogP contribution in [0.4, 0.5) is 126 Å². The topological polar surface area (TPSA) is 475 Å². The Morgan fingerprint density at radius 1 is 0.286 bits per heavy atom. The van der Waals surface area contributed by atoms with Crippen molar-refractivity contribution in [2.45, 2.75) is 39.5 Å². The van der Waals surface area contributed by atoms with E-state index in [-0.39, 0.29) is 33.0 Å². The molecule has 16 rings (SSSR count). The fourth-order valence-electron chi connectivity index (χ4n) is 14.1. The normalized spacial score (nSPS) is 15.3. The first-order valence-corrected chi connectivity index (χ1v) is 38.4. The van der Waals surface area contributed by atoms with Crippen molar-refractivity contribution in [3.63, 3.8) is 0 Å². The molecule has 8 aromatic rings. The Bertz CT molecular complexity index is 4260. The van der Waals surface area contributed by atoms with E-state index in [9.17, 15) is 0 Å². The lowest BCUT2D eigenvalue weighted by Crippen LogP contribution is -2.42. The highest BCUT2D eigenvalue weighted by molar-refractivity contribution is 5.77. The number of nitrogens with two attached hydrogens (primary N) is 8. The highest BCUT2D eigenvalue weighted by atomic mass is 16.3. The van der Waals surface area contributed by atoms with E-state index in [1.54, 1.807) is 49.6 Å². The van der Waals surface area contributed by atoms with E-state index >= 15 is 0 Å². The number of pyridine rings is 8. The number of β-amino-alcohol motifs (C(OH)–C–C–N with tert-alkyl or cyclic N) is 5. The van der Waals surface area contributed by atoms with Crippen LogP contribution in [0.3, 0.4) is 0 Å². The third kappa shape index (κ3) is 22.7. The second-order valence-electron chi connectivity index (χ2n) is 28.1. The van der Waals surface area contributed by atoms with E-state index in [0.29, 0.717) is 61.2 Å². The standard InChI is InChI=1S/C11H18N4O.2C10H16N4O.C10H16N4.C10H15N3O.C9H14N4O.C9H13N3.C8H12N4/c1-2-14-3-4-15(5-6-16)11-10(14)7-9(12)8-13-11;1-13-2-3-14(4-5-15)9-6-8(11)7-12-10(9)13;1-13-2-3-14(4-5-15)10-9(13)6-8(11)7-12-10;1-3-14-5-4-13(2)10-9(14)6-8(11)7-12-10;11-9-6-8-2-1-3-13(4-5-14)10(8)12-7-9;10-7-5-8-9(12-6-7)11-1-2-13(8)3-4-14;1-12-4-2-3-7-5-8(10)6-11-9(7)12;1-12-3-2-10-8-7(12)4-6(9)5-11-8/h7-8,16H,2-6,12H2,1H3;2*6-7,15H,2-5,11H2,1H3;6-7H,3-5,11H2,1-2H3;6-7,14H,1-5,11H2;5-6,14H,1-4,10H2,(H,11,12);5-6H,2-4,10H2,1H3;4-5H,2-3,9H2,1H3,(H,10,11). The molecule has 8 aliphatic heterocycles. The van der Waals surface area contributed by atoms with E-state index in [2.05, 4.69) is 137 Å². The van der Waals surface area contributed by atoms with Crippen molar-refractivity contribution in [3.05, 3.63) is 109 Å². The van der Waals surface area contributed by atoms with Crippen molar-refractivity contribution in [1.82, 2.24) is 39.9 Å². The minimum absolute atomic E-state index is 0.147. The third-order valence-electron chi connectivity index (χ3n) is 19.9. The van der Waals surface area contributed by atoms with Gasteiger partial charge in [0.05, 0.1) is 162 Å². The number of rotatable bonds is 12. The second-order valence-corrected chi connectivity index (χ2v) is 28.1. The molecule has 0 aliphatic carbocycles. The highest BCUT2D eigenvalue weighted by Gasteiger charge is 2.27. The Morgan fingerprint density at radius 2 is 0.589 bits per heavy atom. The van der Waals surface area contributed by atoms with Gasteiger partial charge in [-0.25, -0.2) is 39.9 Å². The van der Waals surface area contributed by atoms with Crippen LogP contribution in [0.5, 0.6) is 0 Å². The molecule has 0 amide bonds. The molecule has 23 N–H and O–H groups in total. The quantitative estimate of drug-likeness (QED) is 0.0836. The Hall–Kier alpha value is -11.4. The summed E-state index contributed by atoms with van der Waals surface area (Å²) in [5, 5.41) is 51.1. The Kier molecular flexibility index (Phi) is 31.4. The van der Waals surface area contributed by atoms with Crippen LogP contribution in [-0.2, 0) is 12.8 Å². The van der Waals surface area contributed by atoms with Gasteiger partial charge in [-0.15, -0.1) is 0 Å². The summed E-state index contributed by atoms with van der Waals surface area (Å²) in [5.74, 6) is 7.66. The summed E-state index contributed by atoms with van der Waals surface area (Å²) in [7, 11) is 10.2. The van der Waals surface area contributed by atoms with E-state index in [0.717, 1.165) is 222 Å². The molecule has 35 nitrogen and oxygen atoms in total. The summed E-state index contributed by atoms with van der Waals surface area (Å²) < 4.78 is 0. The number of nitrogen functional groups attached to an aromatic ring is 8. The van der Waals surface area contributed by atoms with Crippen LogP contribution < -0.4 is 115 Å². The van der Waals surface area contributed by atoms with E-state index in [1.807, 2.05) is 69.7 Å². The maximum atomic E-state index is 9.01. The smallest absolute Gasteiger partial charge is 0.152 e. The van der Waals surface area contributed by atoms with Gasteiger partial charge in [-0.1, -0.05) is 0 Å². The number of nitrogens with one attached hydrogen (secondary N) is 2.